The Morgan fingerprint density at radius 2 is 2.17 bits per heavy atom. The van der Waals surface area contributed by atoms with Crippen LogP contribution in [0.5, 0.6) is 0 Å². The number of Topliss-reactive ketones (excluding diaryl/α,β-unsaturated/α-hetero) is 1. The summed E-state index contributed by atoms with van der Waals surface area (Å²) in [4.78, 5) is 21.2. The van der Waals surface area contributed by atoms with Gasteiger partial charge in [-0.15, -0.1) is 11.6 Å². The van der Waals surface area contributed by atoms with Gasteiger partial charge in [0.05, 0.1) is 5.88 Å². The van der Waals surface area contributed by atoms with Gasteiger partial charge in [-0.05, 0) is 0 Å². The van der Waals surface area contributed by atoms with Crippen LogP contribution in [0.1, 0.15) is 13.3 Å². The van der Waals surface area contributed by atoms with Crippen molar-refractivity contribution in [3.05, 3.63) is 0 Å². The zero-order valence-corrected chi connectivity index (χ0v) is 7.73. The molecule has 0 heterocycles. The van der Waals surface area contributed by atoms with Gasteiger partial charge in [0.1, 0.15) is 5.78 Å². The first-order chi connectivity index (χ1) is 5.56. The molecule has 0 spiro atoms. The van der Waals surface area contributed by atoms with Crippen molar-refractivity contribution in [1.29, 1.82) is 0 Å². The van der Waals surface area contributed by atoms with Gasteiger partial charge in [0.2, 0.25) is 5.91 Å². The van der Waals surface area contributed by atoms with Crippen LogP contribution in [0.2, 0.25) is 0 Å². The number of nitrogens with two attached hydrogens (primary N) is 1. The number of rotatable bonds is 5. The van der Waals surface area contributed by atoms with E-state index in [9.17, 15) is 9.59 Å². The zero-order chi connectivity index (χ0) is 9.56. The number of hydrogen-bond acceptors (Lipinski definition) is 3. The number of halogens is 1. The maximum atomic E-state index is 10.7. The molecule has 1 atom stereocenters. The lowest BCUT2D eigenvalue weighted by Gasteiger charge is -2.09. The monoisotopic (exact) mass is 192 g/mol. The average molecular weight is 193 g/mol. The summed E-state index contributed by atoms with van der Waals surface area (Å²) in [6, 6.07) is -0.333. The number of hydrogen-bond donors (Lipinski definition) is 2. The molecule has 0 aromatic heterocycles. The molecule has 0 saturated heterocycles. The molecule has 0 fully saturated rings. The van der Waals surface area contributed by atoms with Crippen LogP contribution < -0.4 is 11.1 Å². The molecule has 0 aliphatic carbocycles. The molecule has 0 aliphatic heterocycles. The van der Waals surface area contributed by atoms with Crippen LogP contribution in [-0.4, -0.2) is 30.2 Å². The van der Waals surface area contributed by atoms with Gasteiger partial charge in [-0.3, -0.25) is 9.59 Å². The van der Waals surface area contributed by atoms with Gasteiger partial charge in [0.25, 0.3) is 0 Å². The van der Waals surface area contributed by atoms with E-state index in [1.165, 1.54) is 6.92 Å². The highest BCUT2D eigenvalue weighted by Gasteiger charge is 2.08. The van der Waals surface area contributed by atoms with E-state index >= 15 is 0 Å². The van der Waals surface area contributed by atoms with E-state index in [1.807, 2.05) is 0 Å². The van der Waals surface area contributed by atoms with E-state index in [2.05, 4.69) is 5.32 Å². The standard InChI is InChI=1S/C7H13ClN2O2/c1-5(11)10-4-6(9)2-7(12)3-8/h6H,2-4,9H2,1H3,(H,10,11). The topological polar surface area (TPSA) is 72.2 Å². The third-order valence-corrected chi connectivity index (χ3v) is 1.55. The van der Waals surface area contributed by atoms with E-state index in [4.69, 9.17) is 17.3 Å². The van der Waals surface area contributed by atoms with Crippen molar-refractivity contribution in [2.24, 2.45) is 5.73 Å². The molecular weight excluding hydrogens is 180 g/mol. The Labute approximate surface area is 76.4 Å². The summed E-state index contributed by atoms with van der Waals surface area (Å²) in [7, 11) is 0. The highest BCUT2D eigenvalue weighted by Crippen LogP contribution is 1.91. The third kappa shape index (κ3) is 6.12. The third-order valence-electron chi connectivity index (χ3n) is 1.25. The zero-order valence-electron chi connectivity index (χ0n) is 6.97. The molecule has 3 N–H and O–H groups in total. The number of carbonyl (C=O) groups excluding carboxylic acids is 2. The number of alkyl halides is 1. The van der Waals surface area contributed by atoms with Crippen LogP contribution in [0.15, 0.2) is 0 Å². The summed E-state index contributed by atoms with van der Waals surface area (Å²) >= 11 is 5.27. The molecule has 0 rings (SSSR count). The van der Waals surface area contributed by atoms with E-state index in [-0.39, 0.29) is 30.0 Å². The van der Waals surface area contributed by atoms with Crippen LogP contribution >= 0.6 is 11.6 Å². The molecule has 0 saturated carbocycles. The predicted octanol–water partition coefficient (Wildman–Crippen LogP) is -0.352. The SMILES string of the molecule is CC(=O)NCC(N)CC(=O)CCl. The van der Waals surface area contributed by atoms with Crippen molar-refractivity contribution >= 4 is 23.3 Å². The fourth-order valence-electron chi connectivity index (χ4n) is 0.694. The first-order valence-electron chi connectivity index (χ1n) is 3.64. The van der Waals surface area contributed by atoms with Crippen molar-refractivity contribution in [2.45, 2.75) is 19.4 Å². The Morgan fingerprint density at radius 3 is 2.58 bits per heavy atom. The second-order valence-electron chi connectivity index (χ2n) is 2.57. The van der Waals surface area contributed by atoms with Crippen LogP contribution in [0, 0.1) is 0 Å². The second-order valence-corrected chi connectivity index (χ2v) is 2.84. The Bertz CT molecular complexity index is 173. The smallest absolute Gasteiger partial charge is 0.216 e. The first-order valence-corrected chi connectivity index (χ1v) is 4.17. The van der Waals surface area contributed by atoms with Gasteiger partial charge < -0.3 is 11.1 Å². The fraction of sp³-hybridized carbons (Fsp3) is 0.714. The number of ketones is 1. The van der Waals surface area contributed by atoms with Gasteiger partial charge in [-0.1, -0.05) is 0 Å². The molecule has 0 aliphatic rings. The lowest BCUT2D eigenvalue weighted by atomic mass is 10.1. The molecule has 0 aromatic rings. The van der Waals surface area contributed by atoms with Crippen molar-refractivity contribution in [3.8, 4) is 0 Å². The van der Waals surface area contributed by atoms with Crippen molar-refractivity contribution in [2.75, 3.05) is 12.4 Å². The largest absolute Gasteiger partial charge is 0.355 e. The average Bonchev–Trinajstić information content (AvgIpc) is 2.00. The number of amides is 1. The van der Waals surface area contributed by atoms with E-state index in [1.54, 1.807) is 0 Å². The maximum absolute atomic E-state index is 10.7. The molecule has 0 radical (unpaired) electrons. The van der Waals surface area contributed by atoms with Gasteiger partial charge >= 0.3 is 0 Å². The van der Waals surface area contributed by atoms with E-state index in [0.29, 0.717) is 6.54 Å². The summed E-state index contributed by atoms with van der Waals surface area (Å²) in [5.41, 5.74) is 5.50. The van der Waals surface area contributed by atoms with E-state index < -0.39 is 0 Å². The molecular formula is C7H13ClN2O2. The molecule has 0 bridgehead atoms. The van der Waals surface area contributed by atoms with Crippen LogP contribution in [0.25, 0.3) is 0 Å². The van der Waals surface area contributed by atoms with Crippen molar-refractivity contribution < 1.29 is 9.59 Å². The van der Waals surface area contributed by atoms with Crippen molar-refractivity contribution in [1.82, 2.24) is 5.32 Å². The number of carbonyl (C=O) groups is 2. The summed E-state index contributed by atoms with van der Waals surface area (Å²) in [5.74, 6) is -0.272. The molecule has 70 valence electrons. The Kier molecular flexibility index (Phi) is 5.66. The van der Waals surface area contributed by atoms with Gasteiger partial charge in [-0.25, -0.2) is 0 Å². The Morgan fingerprint density at radius 1 is 1.58 bits per heavy atom. The van der Waals surface area contributed by atoms with Crippen LogP contribution in [-0.2, 0) is 9.59 Å². The van der Waals surface area contributed by atoms with Gasteiger partial charge in [0.15, 0.2) is 0 Å². The minimum absolute atomic E-state index is 0.0201. The van der Waals surface area contributed by atoms with Gasteiger partial charge in [-0.2, -0.15) is 0 Å². The second kappa shape index (κ2) is 5.97. The molecule has 1 unspecified atom stereocenters. The normalized spacial score (nSPS) is 12.2. The molecule has 1 amide bonds. The lowest BCUT2D eigenvalue weighted by molar-refractivity contribution is -0.120. The van der Waals surface area contributed by atoms with Crippen molar-refractivity contribution in [3.63, 3.8) is 0 Å². The summed E-state index contributed by atoms with van der Waals surface area (Å²) in [5, 5.41) is 2.52. The lowest BCUT2D eigenvalue weighted by Crippen LogP contribution is -2.37. The molecule has 0 aromatic carbocycles. The van der Waals surface area contributed by atoms with Gasteiger partial charge in [0, 0.05) is 25.9 Å². The number of nitrogens with one attached hydrogen (secondary N) is 1. The minimum atomic E-state index is -0.333. The first kappa shape index (κ1) is 11.4. The predicted molar refractivity (Wildman–Crippen MR) is 47.0 cm³/mol. The van der Waals surface area contributed by atoms with E-state index in [0.717, 1.165) is 0 Å². The quantitative estimate of drug-likeness (QED) is 0.585. The Balaban J connectivity index is 3.52. The summed E-state index contributed by atoms with van der Waals surface area (Å²) in [6.07, 6.45) is 0.212. The van der Waals surface area contributed by atoms with Crippen LogP contribution in [0.3, 0.4) is 0 Å². The van der Waals surface area contributed by atoms with Crippen LogP contribution in [0.4, 0.5) is 0 Å². The molecule has 4 nitrogen and oxygen atoms in total. The molecule has 5 heteroatoms. The molecule has 12 heavy (non-hydrogen) atoms. The highest BCUT2D eigenvalue weighted by atomic mass is 35.5. The summed E-state index contributed by atoms with van der Waals surface area (Å²) in [6.45, 7) is 1.72. The minimum Gasteiger partial charge on any atom is -0.355 e. The highest BCUT2D eigenvalue weighted by molar-refractivity contribution is 6.27. The fourth-order valence-corrected chi connectivity index (χ4v) is 0.803. The Hall–Kier alpha value is -0.610. The maximum Gasteiger partial charge on any atom is 0.216 e. The summed E-state index contributed by atoms with van der Waals surface area (Å²) < 4.78 is 0.